The summed E-state index contributed by atoms with van der Waals surface area (Å²) in [7, 11) is 0. The molecule has 0 unspecified atom stereocenters. The minimum Gasteiger partial charge on any atom is -0.619 e. The molecule has 0 aliphatic rings. The number of carbonyl (C=O) groups is 1. The van der Waals surface area contributed by atoms with Gasteiger partial charge in [0, 0.05) is 29.9 Å². The Morgan fingerprint density at radius 1 is 1.38 bits per heavy atom. The number of pyridine rings is 1. The van der Waals surface area contributed by atoms with Crippen LogP contribution < -0.4 is 10.2 Å². The molecule has 0 atom stereocenters. The van der Waals surface area contributed by atoms with E-state index < -0.39 is 0 Å². The number of carbonyl (C=O) groups excluding carboxylic acids is 1. The van der Waals surface area contributed by atoms with E-state index in [1.54, 1.807) is 6.21 Å². The SMILES string of the molecule is CCCCCn1nc(C)c(C=NNC(=O)c2cc[n+]([O-])cc2)c1C. The molecule has 128 valence electrons. The number of hydrazone groups is 1. The summed E-state index contributed by atoms with van der Waals surface area (Å²) in [5.74, 6) is -0.363. The van der Waals surface area contributed by atoms with Gasteiger partial charge < -0.3 is 5.21 Å². The molecule has 1 amide bonds. The topological polar surface area (TPSA) is 86.2 Å². The molecule has 2 aromatic rings. The standard InChI is InChI=1S/C17H23N5O2/c1-4-5-6-9-22-14(3)16(13(2)20-22)12-18-19-17(23)15-7-10-21(24)11-8-15/h7-8,10-12H,4-6,9H2,1-3H3,(H,19,23). The molecule has 0 saturated heterocycles. The number of unbranched alkanes of at least 4 members (excludes halogenated alkanes) is 2. The largest absolute Gasteiger partial charge is 0.619 e. The lowest BCUT2D eigenvalue weighted by Crippen LogP contribution is -2.26. The van der Waals surface area contributed by atoms with Crippen LogP contribution in [0.5, 0.6) is 0 Å². The number of aromatic nitrogens is 3. The van der Waals surface area contributed by atoms with Crippen molar-refractivity contribution in [1.82, 2.24) is 15.2 Å². The van der Waals surface area contributed by atoms with Crippen molar-refractivity contribution in [3.8, 4) is 0 Å². The normalized spacial score (nSPS) is 11.1. The van der Waals surface area contributed by atoms with Crippen molar-refractivity contribution in [2.45, 2.75) is 46.6 Å². The van der Waals surface area contributed by atoms with Gasteiger partial charge in [-0.3, -0.25) is 9.48 Å². The molecule has 0 spiro atoms. The third-order valence-corrected chi connectivity index (χ3v) is 3.83. The van der Waals surface area contributed by atoms with Gasteiger partial charge in [-0.05, 0) is 20.3 Å². The van der Waals surface area contributed by atoms with E-state index in [4.69, 9.17) is 0 Å². The van der Waals surface area contributed by atoms with E-state index in [9.17, 15) is 10.0 Å². The first-order chi connectivity index (χ1) is 11.5. The maximum Gasteiger partial charge on any atom is 0.271 e. The van der Waals surface area contributed by atoms with Gasteiger partial charge in [-0.2, -0.15) is 14.9 Å². The van der Waals surface area contributed by atoms with Crippen LogP contribution in [0, 0.1) is 19.1 Å². The Balaban J connectivity index is 2.01. The first-order valence-electron chi connectivity index (χ1n) is 8.09. The summed E-state index contributed by atoms with van der Waals surface area (Å²) < 4.78 is 2.61. The highest BCUT2D eigenvalue weighted by Gasteiger charge is 2.10. The molecule has 2 rings (SSSR count). The van der Waals surface area contributed by atoms with Crippen molar-refractivity contribution in [3.05, 3.63) is 52.2 Å². The van der Waals surface area contributed by atoms with Gasteiger partial charge in [0.25, 0.3) is 5.91 Å². The molecule has 0 bridgehead atoms. The Morgan fingerprint density at radius 2 is 2.08 bits per heavy atom. The van der Waals surface area contributed by atoms with E-state index in [0.717, 1.165) is 29.9 Å². The van der Waals surface area contributed by atoms with Crippen molar-refractivity contribution >= 4 is 12.1 Å². The summed E-state index contributed by atoms with van der Waals surface area (Å²) in [6, 6.07) is 2.89. The van der Waals surface area contributed by atoms with E-state index in [1.807, 2.05) is 18.5 Å². The molecule has 0 aliphatic heterocycles. The fourth-order valence-electron chi connectivity index (χ4n) is 2.41. The zero-order valence-electron chi connectivity index (χ0n) is 14.3. The Labute approximate surface area is 141 Å². The van der Waals surface area contributed by atoms with Crippen LogP contribution in [0.25, 0.3) is 0 Å². The van der Waals surface area contributed by atoms with Gasteiger partial charge in [0.1, 0.15) is 0 Å². The minimum atomic E-state index is -0.363. The van der Waals surface area contributed by atoms with Crippen LogP contribution in [0.3, 0.4) is 0 Å². The molecule has 0 fully saturated rings. The smallest absolute Gasteiger partial charge is 0.271 e. The summed E-state index contributed by atoms with van der Waals surface area (Å²) in [6.07, 6.45) is 7.60. The average molecular weight is 329 g/mol. The number of hydrogen-bond acceptors (Lipinski definition) is 4. The first kappa shape index (κ1) is 17.7. The van der Waals surface area contributed by atoms with Gasteiger partial charge in [-0.1, -0.05) is 19.8 Å². The van der Waals surface area contributed by atoms with Crippen LogP contribution in [0.1, 0.15) is 53.5 Å². The summed E-state index contributed by atoms with van der Waals surface area (Å²) in [5.41, 5.74) is 5.68. The molecule has 2 heterocycles. The fourth-order valence-corrected chi connectivity index (χ4v) is 2.41. The zero-order chi connectivity index (χ0) is 17.5. The molecule has 0 aromatic carbocycles. The second-order valence-electron chi connectivity index (χ2n) is 5.66. The molecule has 0 saturated carbocycles. The van der Waals surface area contributed by atoms with Crippen LogP contribution in [-0.4, -0.2) is 21.9 Å². The highest BCUT2D eigenvalue weighted by molar-refractivity contribution is 5.94. The quantitative estimate of drug-likeness (QED) is 0.277. The number of nitrogens with one attached hydrogen (secondary N) is 1. The van der Waals surface area contributed by atoms with Crippen LogP contribution in [-0.2, 0) is 6.54 Å². The summed E-state index contributed by atoms with van der Waals surface area (Å²) >= 11 is 0. The van der Waals surface area contributed by atoms with E-state index in [1.165, 1.54) is 37.4 Å². The van der Waals surface area contributed by atoms with Gasteiger partial charge in [-0.15, -0.1) is 0 Å². The molecule has 2 aromatic heterocycles. The highest BCUT2D eigenvalue weighted by Crippen LogP contribution is 2.12. The number of rotatable bonds is 7. The highest BCUT2D eigenvalue weighted by atomic mass is 16.5. The van der Waals surface area contributed by atoms with Crippen LogP contribution in [0.15, 0.2) is 29.6 Å². The summed E-state index contributed by atoms with van der Waals surface area (Å²) in [6.45, 7) is 6.99. The lowest BCUT2D eigenvalue weighted by atomic mass is 10.2. The van der Waals surface area contributed by atoms with Gasteiger partial charge in [0.2, 0.25) is 0 Å². The number of nitrogens with zero attached hydrogens (tertiary/aromatic N) is 4. The second-order valence-corrected chi connectivity index (χ2v) is 5.66. The zero-order valence-corrected chi connectivity index (χ0v) is 14.3. The van der Waals surface area contributed by atoms with Gasteiger partial charge >= 0.3 is 0 Å². The minimum absolute atomic E-state index is 0.363. The summed E-state index contributed by atoms with van der Waals surface area (Å²) in [4.78, 5) is 11.9. The summed E-state index contributed by atoms with van der Waals surface area (Å²) in [5, 5.41) is 19.5. The molecule has 1 N–H and O–H groups in total. The van der Waals surface area contributed by atoms with Gasteiger partial charge in [0.05, 0.1) is 17.5 Å². The van der Waals surface area contributed by atoms with E-state index in [0.29, 0.717) is 10.3 Å². The molecule has 0 aliphatic carbocycles. The maximum absolute atomic E-state index is 11.9. The molecule has 7 nitrogen and oxygen atoms in total. The number of amides is 1. The monoisotopic (exact) mass is 329 g/mol. The predicted octanol–water partition coefficient (Wildman–Crippen LogP) is 2.09. The van der Waals surface area contributed by atoms with Crippen molar-refractivity contribution in [3.63, 3.8) is 0 Å². The van der Waals surface area contributed by atoms with Crippen molar-refractivity contribution in [2.75, 3.05) is 0 Å². The van der Waals surface area contributed by atoms with E-state index >= 15 is 0 Å². The van der Waals surface area contributed by atoms with Gasteiger partial charge in [0.15, 0.2) is 12.4 Å². The Morgan fingerprint density at radius 3 is 2.75 bits per heavy atom. The first-order valence-corrected chi connectivity index (χ1v) is 8.09. The average Bonchev–Trinajstić information content (AvgIpc) is 2.83. The molecule has 7 heteroatoms. The van der Waals surface area contributed by atoms with E-state index in [2.05, 4.69) is 22.5 Å². The lowest BCUT2D eigenvalue weighted by molar-refractivity contribution is -0.605. The maximum atomic E-state index is 11.9. The van der Waals surface area contributed by atoms with Crippen molar-refractivity contribution in [1.29, 1.82) is 0 Å². The van der Waals surface area contributed by atoms with Crippen molar-refractivity contribution in [2.24, 2.45) is 5.10 Å². The van der Waals surface area contributed by atoms with E-state index in [-0.39, 0.29) is 5.91 Å². The lowest BCUT2D eigenvalue weighted by Gasteiger charge is -2.03. The molecular formula is C17H23N5O2. The van der Waals surface area contributed by atoms with Gasteiger partial charge in [-0.25, -0.2) is 5.43 Å². The number of hydrogen-bond donors (Lipinski definition) is 1. The second kappa shape index (κ2) is 8.24. The molecule has 0 radical (unpaired) electrons. The third kappa shape index (κ3) is 4.41. The van der Waals surface area contributed by atoms with Crippen LogP contribution in [0.2, 0.25) is 0 Å². The Kier molecular flexibility index (Phi) is 6.06. The number of aryl methyl sites for hydroxylation is 2. The Hall–Kier alpha value is -2.70. The van der Waals surface area contributed by atoms with Crippen molar-refractivity contribution < 1.29 is 9.52 Å². The predicted molar refractivity (Wildman–Crippen MR) is 91.7 cm³/mol. The molecule has 24 heavy (non-hydrogen) atoms. The van der Waals surface area contributed by atoms with Crippen LogP contribution >= 0.6 is 0 Å². The van der Waals surface area contributed by atoms with Crippen LogP contribution in [0.4, 0.5) is 0 Å². The molecular weight excluding hydrogens is 306 g/mol. The fraction of sp³-hybridized carbons (Fsp3) is 0.412. The third-order valence-electron chi connectivity index (χ3n) is 3.83. The Bertz CT molecular complexity index is 719.